The van der Waals surface area contributed by atoms with Gasteiger partial charge in [-0.3, -0.25) is 0 Å². The zero-order valence-electron chi connectivity index (χ0n) is 10.5. The zero-order valence-corrected chi connectivity index (χ0v) is 10.5. The molecule has 1 atom stereocenters. The van der Waals surface area contributed by atoms with E-state index >= 15 is 0 Å². The summed E-state index contributed by atoms with van der Waals surface area (Å²) in [6.07, 6.45) is 3.63. The number of aliphatic hydroxyl groups is 1. The van der Waals surface area contributed by atoms with Crippen molar-refractivity contribution in [3.8, 4) is 0 Å². The second-order valence-corrected chi connectivity index (χ2v) is 5.51. The number of amides is 2. The van der Waals surface area contributed by atoms with Crippen LogP contribution in [0, 0.1) is 11.3 Å². The molecule has 94 valence electrons. The van der Waals surface area contributed by atoms with Crippen LogP contribution >= 0.6 is 0 Å². The first kappa shape index (κ1) is 13.3. The van der Waals surface area contributed by atoms with Crippen LogP contribution in [0.15, 0.2) is 0 Å². The van der Waals surface area contributed by atoms with Gasteiger partial charge in [-0.2, -0.15) is 0 Å². The van der Waals surface area contributed by atoms with E-state index in [2.05, 4.69) is 24.5 Å². The van der Waals surface area contributed by atoms with Crippen LogP contribution in [0.1, 0.15) is 40.0 Å². The van der Waals surface area contributed by atoms with E-state index in [0.717, 1.165) is 6.54 Å². The fourth-order valence-corrected chi connectivity index (χ4v) is 2.08. The van der Waals surface area contributed by atoms with Crippen molar-refractivity contribution in [2.75, 3.05) is 13.2 Å². The van der Waals surface area contributed by atoms with Gasteiger partial charge in [0.25, 0.3) is 0 Å². The number of nitrogens with one attached hydrogen (secondary N) is 2. The summed E-state index contributed by atoms with van der Waals surface area (Å²) in [5, 5.41) is 14.4. The molecule has 3 N–H and O–H groups in total. The van der Waals surface area contributed by atoms with Gasteiger partial charge in [0.2, 0.25) is 0 Å². The van der Waals surface area contributed by atoms with Crippen molar-refractivity contribution in [2.45, 2.75) is 46.1 Å². The molecule has 0 bridgehead atoms. The maximum Gasteiger partial charge on any atom is 0.315 e. The van der Waals surface area contributed by atoms with Crippen molar-refractivity contribution >= 4 is 6.03 Å². The van der Waals surface area contributed by atoms with Gasteiger partial charge in [0, 0.05) is 6.54 Å². The number of hydrogen-bond donors (Lipinski definition) is 3. The van der Waals surface area contributed by atoms with Crippen molar-refractivity contribution < 1.29 is 9.90 Å². The molecule has 2 amide bonds. The standard InChI is InChI=1S/C12H24N2O2/c1-9(2)6-12(4-5-12)8-13-11(16)14-10(3)7-15/h9-10,15H,4-8H2,1-3H3,(H2,13,14,16)/t10-/m0/s1. The summed E-state index contributed by atoms with van der Waals surface area (Å²) in [6, 6.07) is -0.350. The largest absolute Gasteiger partial charge is 0.394 e. The third-order valence-corrected chi connectivity index (χ3v) is 3.07. The van der Waals surface area contributed by atoms with Gasteiger partial charge in [-0.1, -0.05) is 13.8 Å². The molecule has 4 nitrogen and oxygen atoms in total. The number of aliphatic hydroxyl groups excluding tert-OH is 1. The molecule has 1 aliphatic carbocycles. The van der Waals surface area contributed by atoms with Crippen molar-refractivity contribution in [1.82, 2.24) is 10.6 Å². The minimum atomic E-state index is -0.180. The normalized spacial score (nSPS) is 19.3. The Kier molecular flexibility index (Phi) is 4.59. The molecule has 1 fully saturated rings. The molecule has 0 saturated heterocycles. The molecule has 0 radical (unpaired) electrons. The molecule has 0 aromatic heterocycles. The molecule has 1 aliphatic rings. The lowest BCUT2D eigenvalue weighted by Gasteiger charge is -2.19. The summed E-state index contributed by atoms with van der Waals surface area (Å²) >= 11 is 0. The van der Waals surface area contributed by atoms with Crippen molar-refractivity contribution in [2.24, 2.45) is 11.3 Å². The van der Waals surface area contributed by atoms with Crippen LogP contribution in [0.2, 0.25) is 0 Å². The molecule has 1 saturated carbocycles. The maximum atomic E-state index is 11.4. The number of hydrogen-bond acceptors (Lipinski definition) is 2. The number of urea groups is 1. The lowest BCUT2D eigenvalue weighted by atomic mass is 9.94. The highest BCUT2D eigenvalue weighted by Crippen LogP contribution is 2.49. The van der Waals surface area contributed by atoms with Crippen molar-refractivity contribution in [1.29, 1.82) is 0 Å². The monoisotopic (exact) mass is 228 g/mol. The third kappa shape index (κ3) is 4.39. The predicted molar refractivity (Wildman–Crippen MR) is 64.2 cm³/mol. The molecule has 0 heterocycles. The Labute approximate surface area is 97.8 Å². The van der Waals surface area contributed by atoms with Gasteiger partial charge < -0.3 is 15.7 Å². The van der Waals surface area contributed by atoms with Crippen LogP contribution in [0.25, 0.3) is 0 Å². The van der Waals surface area contributed by atoms with Gasteiger partial charge in [0.1, 0.15) is 0 Å². The third-order valence-electron chi connectivity index (χ3n) is 3.07. The highest BCUT2D eigenvalue weighted by atomic mass is 16.3. The van der Waals surface area contributed by atoms with Crippen LogP contribution in [-0.2, 0) is 0 Å². The average molecular weight is 228 g/mol. The smallest absolute Gasteiger partial charge is 0.315 e. The van der Waals surface area contributed by atoms with E-state index in [0.29, 0.717) is 11.3 Å². The Balaban J connectivity index is 2.21. The van der Waals surface area contributed by atoms with E-state index in [1.807, 2.05) is 0 Å². The number of carbonyl (C=O) groups excluding carboxylic acids is 1. The van der Waals surface area contributed by atoms with Gasteiger partial charge in [-0.15, -0.1) is 0 Å². The van der Waals surface area contributed by atoms with Gasteiger partial charge in [0.05, 0.1) is 12.6 Å². The van der Waals surface area contributed by atoms with Gasteiger partial charge >= 0.3 is 6.03 Å². The molecule has 0 spiro atoms. The van der Waals surface area contributed by atoms with E-state index < -0.39 is 0 Å². The molecular formula is C12H24N2O2. The van der Waals surface area contributed by atoms with Crippen LogP contribution in [-0.4, -0.2) is 30.3 Å². The first-order valence-electron chi connectivity index (χ1n) is 6.13. The van der Waals surface area contributed by atoms with E-state index in [9.17, 15) is 4.79 Å². The van der Waals surface area contributed by atoms with Crippen molar-refractivity contribution in [3.05, 3.63) is 0 Å². The highest BCUT2D eigenvalue weighted by molar-refractivity contribution is 5.74. The van der Waals surface area contributed by atoms with Crippen LogP contribution in [0.4, 0.5) is 4.79 Å². The van der Waals surface area contributed by atoms with E-state index in [4.69, 9.17) is 5.11 Å². The molecular weight excluding hydrogens is 204 g/mol. The predicted octanol–water partition coefficient (Wildman–Crippen LogP) is 1.49. The summed E-state index contributed by atoms with van der Waals surface area (Å²) in [4.78, 5) is 11.4. The van der Waals surface area contributed by atoms with Crippen molar-refractivity contribution in [3.63, 3.8) is 0 Å². The quantitative estimate of drug-likeness (QED) is 0.645. The van der Waals surface area contributed by atoms with Gasteiger partial charge in [-0.25, -0.2) is 4.79 Å². The first-order chi connectivity index (χ1) is 7.47. The van der Waals surface area contributed by atoms with E-state index in [1.165, 1.54) is 19.3 Å². The Morgan fingerprint density at radius 1 is 1.38 bits per heavy atom. The summed E-state index contributed by atoms with van der Waals surface area (Å²) in [5.41, 5.74) is 0.355. The number of carbonyl (C=O) groups is 1. The molecule has 0 aliphatic heterocycles. The van der Waals surface area contributed by atoms with E-state index in [-0.39, 0.29) is 18.7 Å². The summed E-state index contributed by atoms with van der Waals surface area (Å²) in [5.74, 6) is 0.684. The molecule has 1 rings (SSSR count). The topological polar surface area (TPSA) is 61.4 Å². The fourth-order valence-electron chi connectivity index (χ4n) is 2.08. The summed E-state index contributed by atoms with van der Waals surface area (Å²) in [6.45, 7) is 6.95. The second-order valence-electron chi connectivity index (χ2n) is 5.51. The van der Waals surface area contributed by atoms with Crippen LogP contribution < -0.4 is 10.6 Å². The van der Waals surface area contributed by atoms with E-state index in [1.54, 1.807) is 6.92 Å². The van der Waals surface area contributed by atoms with Gasteiger partial charge in [0.15, 0.2) is 0 Å². The second kappa shape index (κ2) is 5.53. The Bertz CT molecular complexity index is 237. The Hall–Kier alpha value is -0.770. The number of rotatable bonds is 6. The molecule has 0 aromatic rings. The summed E-state index contributed by atoms with van der Waals surface area (Å²) < 4.78 is 0. The lowest BCUT2D eigenvalue weighted by molar-refractivity contribution is 0.217. The maximum absolute atomic E-state index is 11.4. The minimum absolute atomic E-state index is 0.0233. The summed E-state index contributed by atoms with van der Waals surface area (Å²) in [7, 11) is 0. The Morgan fingerprint density at radius 3 is 2.44 bits per heavy atom. The molecule has 16 heavy (non-hydrogen) atoms. The first-order valence-corrected chi connectivity index (χ1v) is 6.13. The van der Waals surface area contributed by atoms with Crippen LogP contribution in [0.5, 0.6) is 0 Å². The highest BCUT2D eigenvalue weighted by Gasteiger charge is 2.42. The molecule has 0 aromatic carbocycles. The average Bonchev–Trinajstić information content (AvgIpc) is 2.94. The SMILES string of the molecule is CC(C)CC1(CNC(=O)N[C@@H](C)CO)CC1. The lowest BCUT2D eigenvalue weighted by Crippen LogP contribution is -2.44. The zero-order chi connectivity index (χ0) is 12.2. The minimum Gasteiger partial charge on any atom is -0.394 e. The van der Waals surface area contributed by atoms with Gasteiger partial charge in [-0.05, 0) is 37.5 Å². The fraction of sp³-hybridized carbons (Fsp3) is 0.917. The Morgan fingerprint density at radius 2 is 2.00 bits per heavy atom. The molecule has 4 heteroatoms. The molecule has 0 unspecified atom stereocenters. The van der Waals surface area contributed by atoms with Crippen LogP contribution in [0.3, 0.4) is 0 Å².